The van der Waals surface area contributed by atoms with Crippen molar-refractivity contribution >= 4 is 27.4 Å². The summed E-state index contributed by atoms with van der Waals surface area (Å²) in [7, 11) is 0. The van der Waals surface area contributed by atoms with E-state index >= 15 is 0 Å². The summed E-state index contributed by atoms with van der Waals surface area (Å²) in [4.78, 5) is 23.4. The average molecular weight is 298 g/mol. The molecule has 2 heterocycles. The lowest BCUT2D eigenvalue weighted by molar-refractivity contribution is 0.0853. The predicted molar refractivity (Wildman–Crippen MR) is 79.1 cm³/mol. The standard InChI is InChI=1S/C16H10O4S/c17-10-8-13(9-4-2-1-3-5-9)19-11-6-7-12-15(14(10)11)21-16(18)20-12/h1-7,13H,8H2. The van der Waals surface area contributed by atoms with Gasteiger partial charge in [0.25, 0.3) is 0 Å². The minimum absolute atomic E-state index is 0.0206. The number of benzene rings is 2. The summed E-state index contributed by atoms with van der Waals surface area (Å²) in [6.07, 6.45) is -0.0188. The first-order valence-corrected chi connectivity index (χ1v) is 7.35. The van der Waals surface area contributed by atoms with Crippen molar-refractivity contribution in [2.75, 3.05) is 0 Å². The molecule has 1 unspecified atom stereocenters. The van der Waals surface area contributed by atoms with Crippen LogP contribution in [0.4, 0.5) is 0 Å². The van der Waals surface area contributed by atoms with Gasteiger partial charge in [-0.05, 0) is 17.7 Å². The molecule has 4 rings (SSSR count). The summed E-state index contributed by atoms with van der Waals surface area (Å²) in [5.74, 6) is 0.498. The molecule has 0 bridgehead atoms. The van der Waals surface area contributed by atoms with Crippen LogP contribution in [0.25, 0.3) is 10.3 Å². The van der Waals surface area contributed by atoms with Crippen LogP contribution in [0.3, 0.4) is 0 Å². The van der Waals surface area contributed by atoms with Crippen molar-refractivity contribution in [3.63, 3.8) is 0 Å². The Labute approximate surface area is 123 Å². The summed E-state index contributed by atoms with van der Waals surface area (Å²) in [5.41, 5.74) is 1.88. The van der Waals surface area contributed by atoms with E-state index in [4.69, 9.17) is 9.15 Å². The molecular weight excluding hydrogens is 288 g/mol. The average Bonchev–Trinajstić information content (AvgIpc) is 2.88. The number of carbonyl (C=O) groups excluding carboxylic acids is 1. The van der Waals surface area contributed by atoms with Gasteiger partial charge >= 0.3 is 4.94 Å². The van der Waals surface area contributed by atoms with E-state index in [-0.39, 0.29) is 18.3 Å². The van der Waals surface area contributed by atoms with Crippen LogP contribution in [0.2, 0.25) is 0 Å². The Balaban J connectivity index is 1.84. The molecule has 1 aliphatic rings. The maximum Gasteiger partial charge on any atom is 0.396 e. The number of carbonyl (C=O) groups is 1. The topological polar surface area (TPSA) is 56.5 Å². The largest absolute Gasteiger partial charge is 0.484 e. The molecule has 2 aromatic carbocycles. The Hall–Kier alpha value is -2.40. The Morgan fingerprint density at radius 3 is 2.67 bits per heavy atom. The van der Waals surface area contributed by atoms with Gasteiger partial charge in [-0.25, -0.2) is 4.79 Å². The molecular formula is C16H10O4S. The highest BCUT2D eigenvalue weighted by Crippen LogP contribution is 2.39. The van der Waals surface area contributed by atoms with Crippen molar-refractivity contribution in [3.8, 4) is 5.75 Å². The second kappa shape index (κ2) is 4.56. The summed E-state index contributed by atoms with van der Waals surface area (Å²) in [6, 6.07) is 13.0. The summed E-state index contributed by atoms with van der Waals surface area (Å²) < 4.78 is 11.6. The molecule has 4 nitrogen and oxygen atoms in total. The van der Waals surface area contributed by atoms with Gasteiger partial charge in [0, 0.05) is 0 Å². The van der Waals surface area contributed by atoms with Gasteiger partial charge in [-0.15, -0.1) is 0 Å². The second-order valence-electron chi connectivity index (χ2n) is 4.86. The third-order valence-electron chi connectivity index (χ3n) is 3.55. The first kappa shape index (κ1) is 12.3. The fourth-order valence-electron chi connectivity index (χ4n) is 2.60. The van der Waals surface area contributed by atoms with E-state index in [1.54, 1.807) is 12.1 Å². The monoisotopic (exact) mass is 298 g/mol. The summed E-state index contributed by atoms with van der Waals surface area (Å²) in [6.45, 7) is 0. The third-order valence-corrected chi connectivity index (χ3v) is 4.41. The van der Waals surface area contributed by atoms with E-state index in [9.17, 15) is 9.59 Å². The van der Waals surface area contributed by atoms with Crippen LogP contribution in [-0.4, -0.2) is 5.78 Å². The van der Waals surface area contributed by atoms with Crippen LogP contribution in [-0.2, 0) is 0 Å². The van der Waals surface area contributed by atoms with Gasteiger partial charge in [-0.3, -0.25) is 4.79 Å². The molecule has 1 aromatic heterocycles. The van der Waals surface area contributed by atoms with E-state index in [1.165, 1.54) is 0 Å². The highest BCUT2D eigenvalue weighted by molar-refractivity contribution is 7.16. The molecule has 0 N–H and O–H groups in total. The summed E-state index contributed by atoms with van der Waals surface area (Å²) >= 11 is 0.944. The van der Waals surface area contributed by atoms with Gasteiger partial charge < -0.3 is 9.15 Å². The molecule has 3 aromatic rings. The fourth-order valence-corrected chi connectivity index (χ4v) is 3.43. The van der Waals surface area contributed by atoms with Gasteiger partial charge in [0.15, 0.2) is 11.4 Å². The van der Waals surface area contributed by atoms with E-state index < -0.39 is 4.94 Å². The molecule has 21 heavy (non-hydrogen) atoms. The van der Waals surface area contributed by atoms with Crippen LogP contribution in [0.5, 0.6) is 5.75 Å². The van der Waals surface area contributed by atoms with Crippen molar-refractivity contribution in [2.24, 2.45) is 0 Å². The smallest absolute Gasteiger partial charge is 0.396 e. The zero-order valence-corrected chi connectivity index (χ0v) is 11.7. The molecule has 104 valence electrons. The quantitative estimate of drug-likeness (QED) is 0.689. The van der Waals surface area contributed by atoms with Crippen molar-refractivity contribution < 1.29 is 13.9 Å². The van der Waals surface area contributed by atoms with Crippen LogP contribution >= 0.6 is 11.3 Å². The molecule has 0 fully saturated rings. The van der Waals surface area contributed by atoms with Gasteiger partial charge in [0.2, 0.25) is 0 Å². The van der Waals surface area contributed by atoms with Gasteiger partial charge in [0.05, 0.1) is 16.7 Å². The Bertz CT molecular complexity index is 892. The first-order valence-electron chi connectivity index (χ1n) is 6.54. The number of rotatable bonds is 1. The Morgan fingerprint density at radius 2 is 1.86 bits per heavy atom. The number of hydrogen-bond donors (Lipinski definition) is 0. The van der Waals surface area contributed by atoms with Gasteiger partial charge in [-0.1, -0.05) is 41.7 Å². The van der Waals surface area contributed by atoms with E-state index in [0.29, 0.717) is 21.6 Å². The van der Waals surface area contributed by atoms with Crippen molar-refractivity contribution in [2.45, 2.75) is 12.5 Å². The molecule has 0 saturated carbocycles. The minimum atomic E-state index is -0.406. The van der Waals surface area contributed by atoms with Crippen molar-refractivity contribution in [1.82, 2.24) is 0 Å². The lowest BCUT2D eigenvalue weighted by Gasteiger charge is -2.25. The molecule has 1 aliphatic heterocycles. The van der Waals surface area contributed by atoms with Crippen LogP contribution in [0.1, 0.15) is 28.4 Å². The molecule has 0 spiro atoms. The number of ether oxygens (including phenoxy) is 1. The highest BCUT2D eigenvalue weighted by atomic mass is 32.1. The molecule has 5 heteroatoms. The molecule has 0 aliphatic carbocycles. The maximum atomic E-state index is 12.5. The number of Topliss-reactive ketones (excluding diaryl/α,β-unsaturated/α-hetero) is 1. The van der Waals surface area contributed by atoms with Crippen LogP contribution in [0, 0.1) is 0 Å². The first-order chi connectivity index (χ1) is 10.2. The number of hydrogen-bond acceptors (Lipinski definition) is 5. The third kappa shape index (κ3) is 1.97. The SMILES string of the molecule is O=C1CC(c2ccccc2)Oc2ccc3oc(=O)sc3c21. The van der Waals surface area contributed by atoms with Crippen LogP contribution < -0.4 is 9.68 Å². The second-order valence-corrected chi connectivity index (χ2v) is 5.81. The molecule has 1 atom stereocenters. The number of ketones is 1. The lowest BCUT2D eigenvalue weighted by Crippen LogP contribution is -2.20. The maximum absolute atomic E-state index is 12.5. The zero-order valence-electron chi connectivity index (χ0n) is 10.9. The molecule has 0 saturated heterocycles. The predicted octanol–water partition coefficient (Wildman–Crippen LogP) is 3.56. The number of fused-ring (bicyclic) bond motifs is 3. The fraction of sp³-hybridized carbons (Fsp3) is 0.125. The van der Waals surface area contributed by atoms with Crippen LogP contribution in [0.15, 0.2) is 51.7 Å². The Kier molecular flexibility index (Phi) is 2.68. The van der Waals surface area contributed by atoms with Gasteiger partial charge in [-0.2, -0.15) is 0 Å². The summed E-state index contributed by atoms with van der Waals surface area (Å²) in [5, 5.41) is 0. The lowest BCUT2D eigenvalue weighted by atomic mass is 9.96. The highest BCUT2D eigenvalue weighted by Gasteiger charge is 2.30. The van der Waals surface area contributed by atoms with Crippen molar-refractivity contribution in [1.29, 1.82) is 0 Å². The van der Waals surface area contributed by atoms with Crippen molar-refractivity contribution in [3.05, 3.63) is 63.3 Å². The zero-order chi connectivity index (χ0) is 14.4. The van der Waals surface area contributed by atoms with Gasteiger partial charge in [0.1, 0.15) is 11.9 Å². The molecule has 0 amide bonds. The minimum Gasteiger partial charge on any atom is -0.484 e. The normalized spacial score (nSPS) is 17.5. The molecule has 0 radical (unpaired) electrons. The van der Waals surface area contributed by atoms with E-state index in [2.05, 4.69) is 0 Å². The van der Waals surface area contributed by atoms with E-state index in [0.717, 1.165) is 16.9 Å². The van der Waals surface area contributed by atoms with E-state index in [1.807, 2.05) is 30.3 Å². The Morgan fingerprint density at radius 1 is 1.05 bits per heavy atom.